The van der Waals surface area contributed by atoms with Gasteiger partial charge in [0.1, 0.15) is 16.4 Å². The average Bonchev–Trinajstić information content (AvgIpc) is 3.26. The topological polar surface area (TPSA) is 64.6 Å². The minimum absolute atomic E-state index is 0.000336. The molecule has 0 saturated carbocycles. The molecule has 2 aromatic carbocycles. The molecular formula is C21H18FNO4S. The van der Waals surface area contributed by atoms with Crippen LogP contribution in [0.3, 0.4) is 0 Å². The van der Waals surface area contributed by atoms with Crippen molar-refractivity contribution in [1.29, 1.82) is 0 Å². The third-order valence-corrected chi connectivity index (χ3v) is 4.85. The van der Waals surface area contributed by atoms with Gasteiger partial charge in [0.25, 0.3) is 5.91 Å². The van der Waals surface area contributed by atoms with Crippen LogP contribution in [0.15, 0.2) is 66.0 Å². The summed E-state index contributed by atoms with van der Waals surface area (Å²) < 4.78 is 24.7. The standard InChI is InChI=1S/C21H18FNO4S/c1-26-15-10-8-14(9-11-15)13-23-20(24)19(16-5-2-3-6-17(16)22)27-21(25)18-7-4-12-28-18/h2-12,19H,13H2,1H3,(H,23,24)/t19-/m0/s1. The molecule has 5 nitrogen and oxygen atoms in total. The molecule has 1 aromatic heterocycles. The number of esters is 1. The van der Waals surface area contributed by atoms with Crippen molar-refractivity contribution >= 4 is 23.2 Å². The van der Waals surface area contributed by atoms with E-state index in [1.165, 1.54) is 29.5 Å². The highest BCUT2D eigenvalue weighted by Gasteiger charge is 2.28. The number of carbonyl (C=O) groups excluding carboxylic acids is 2. The molecule has 0 unspecified atom stereocenters. The molecule has 0 fully saturated rings. The molecule has 0 aliphatic rings. The first-order valence-corrected chi connectivity index (χ1v) is 9.36. The maximum atomic E-state index is 14.3. The van der Waals surface area contributed by atoms with E-state index in [2.05, 4.69) is 5.32 Å². The summed E-state index contributed by atoms with van der Waals surface area (Å²) in [6.07, 6.45) is -1.39. The molecule has 0 aliphatic carbocycles. The van der Waals surface area contributed by atoms with Crippen LogP contribution in [-0.2, 0) is 16.1 Å². The van der Waals surface area contributed by atoms with Crippen LogP contribution in [0, 0.1) is 5.82 Å². The number of thiophene rings is 1. The van der Waals surface area contributed by atoms with Gasteiger partial charge < -0.3 is 14.8 Å². The molecule has 0 spiro atoms. The Morgan fingerprint density at radius 3 is 2.46 bits per heavy atom. The third kappa shape index (κ3) is 4.75. The highest BCUT2D eigenvalue weighted by molar-refractivity contribution is 7.11. The predicted octanol–water partition coefficient (Wildman–Crippen LogP) is 4.11. The van der Waals surface area contributed by atoms with Crippen LogP contribution in [0.2, 0.25) is 0 Å². The van der Waals surface area contributed by atoms with Crippen molar-refractivity contribution in [2.24, 2.45) is 0 Å². The second kappa shape index (κ2) is 9.14. The number of carbonyl (C=O) groups is 2. The summed E-state index contributed by atoms with van der Waals surface area (Å²) in [4.78, 5) is 25.4. The highest BCUT2D eigenvalue weighted by atomic mass is 32.1. The first kappa shape index (κ1) is 19.6. The van der Waals surface area contributed by atoms with Crippen LogP contribution < -0.4 is 10.1 Å². The number of hydrogen-bond donors (Lipinski definition) is 1. The van der Waals surface area contributed by atoms with E-state index in [-0.39, 0.29) is 12.1 Å². The van der Waals surface area contributed by atoms with Gasteiger partial charge >= 0.3 is 5.97 Å². The summed E-state index contributed by atoms with van der Waals surface area (Å²) in [7, 11) is 1.57. The molecular weight excluding hydrogens is 381 g/mol. The first-order valence-electron chi connectivity index (χ1n) is 8.48. The number of ether oxygens (including phenoxy) is 2. The quantitative estimate of drug-likeness (QED) is 0.608. The lowest BCUT2D eigenvalue weighted by Gasteiger charge is -2.18. The lowest BCUT2D eigenvalue weighted by molar-refractivity contribution is -0.130. The fourth-order valence-electron chi connectivity index (χ4n) is 2.53. The third-order valence-electron chi connectivity index (χ3n) is 4.00. The van der Waals surface area contributed by atoms with Crippen LogP contribution in [0.1, 0.15) is 26.9 Å². The first-order chi connectivity index (χ1) is 13.6. The molecule has 7 heteroatoms. The molecule has 1 N–H and O–H groups in total. The number of benzene rings is 2. The molecule has 0 aliphatic heterocycles. The van der Waals surface area contributed by atoms with Crippen molar-refractivity contribution in [2.75, 3.05) is 7.11 Å². The molecule has 3 rings (SSSR count). The SMILES string of the molecule is COc1ccc(CNC(=O)[C@@H](OC(=O)c2cccs2)c2ccccc2F)cc1. The molecule has 1 heterocycles. The fourth-order valence-corrected chi connectivity index (χ4v) is 3.14. The average molecular weight is 399 g/mol. The van der Waals surface area contributed by atoms with Gasteiger partial charge in [0.05, 0.1) is 7.11 Å². The maximum absolute atomic E-state index is 14.3. The van der Waals surface area contributed by atoms with Crippen LogP contribution >= 0.6 is 11.3 Å². The minimum atomic E-state index is -1.39. The van der Waals surface area contributed by atoms with Crippen LogP contribution in [0.25, 0.3) is 0 Å². The zero-order chi connectivity index (χ0) is 19.9. The molecule has 1 atom stereocenters. The summed E-state index contributed by atoms with van der Waals surface area (Å²) >= 11 is 1.19. The van der Waals surface area contributed by atoms with Gasteiger partial charge in [-0.2, -0.15) is 0 Å². The van der Waals surface area contributed by atoms with Crippen molar-refractivity contribution in [3.63, 3.8) is 0 Å². The van der Waals surface area contributed by atoms with E-state index in [1.807, 2.05) is 0 Å². The van der Waals surface area contributed by atoms with E-state index in [4.69, 9.17) is 9.47 Å². The molecule has 28 heavy (non-hydrogen) atoms. The number of nitrogens with one attached hydrogen (secondary N) is 1. The normalized spacial score (nSPS) is 11.5. The number of methoxy groups -OCH3 is 1. The second-order valence-corrected chi connectivity index (χ2v) is 6.80. The Balaban J connectivity index is 1.76. The Hall–Kier alpha value is -3.19. The zero-order valence-electron chi connectivity index (χ0n) is 15.1. The summed E-state index contributed by atoms with van der Waals surface area (Å²) in [6, 6.07) is 16.2. The molecule has 3 aromatic rings. The maximum Gasteiger partial charge on any atom is 0.349 e. The summed E-state index contributed by atoms with van der Waals surface area (Å²) in [5.41, 5.74) is 0.825. The van der Waals surface area contributed by atoms with E-state index in [0.717, 1.165) is 5.56 Å². The number of halogens is 1. The van der Waals surface area contributed by atoms with Crippen molar-refractivity contribution in [2.45, 2.75) is 12.6 Å². The van der Waals surface area contributed by atoms with Gasteiger partial charge in [0, 0.05) is 12.1 Å². The second-order valence-electron chi connectivity index (χ2n) is 5.85. The van der Waals surface area contributed by atoms with Crippen molar-refractivity contribution in [3.8, 4) is 5.75 Å². The Bertz CT molecular complexity index is 941. The summed E-state index contributed by atoms with van der Waals surface area (Å²) in [6.45, 7) is 0.199. The Labute approximate surface area is 165 Å². The molecule has 0 bridgehead atoms. The smallest absolute Gasteiger partial charge is 0.349 e. The fraction of sp³-hybridized carbons (Fsp3) is 0.143. The Morgan fingerprint density at radius 2 is 1.82 bits per heavy atom. The van der Waals surface area contributed by atoms with E-state index in [0.29, 0.717) is 10.6 Å². The van der Waals surface area contributed by atoms with Gasteiger partial charge in [-0.15, -0.1) is 11.3 Å². The van der Waals surface area contributed by atoms with E-state index >= 15 is 0 Å². The van der Waals surface area contributed by atoms with Gasteiger partial charge in [-0.3, -0.25) is 4.79 Å². The Kier molecular flexibility index (Phi) is 6.39. The number of amides is 1. The van der Waals surface area contributed by atoms with Gasteiger partial charge in [0.2, 0.25) is 6.10 Å². The van der Waals surface area contributed by atoms with Crippen LogP contribution in [-0.4, -0.2) is 19.0 Å². The molecule has 0 radical (unpaired) electrons. The summed E-state index contributed by atoms with van der Waals surface area (Å²) in [5, 5.41) is 4.41. The lowest BCUT2D eigenvalue weighted by Crippen LogP contribution is -2.32. The lowest BCUT2D eigenvalue weighted by atomic mass is 10.1. The number of hydrogen-bond acceptors (Lipinski definition) is 5. The van der Waals surface area contributed by atoms with Crippen molar-refractivity contribution < 1.29 is 23.5 Å². The van der Waals surface area contributed by atoms with E-state index in [9.17, 15) is 14.0 Å². The van der Waals surface area contributed by atoms with Gasteiger partial charge in [0.15, 0.2) is 0 Å². The van der Waals surface area contributed by atoms with E-state index < -0.39 is 23.8 Å². The molecule has 0 saturated heterocycles. The predicted molar refractivity (Wildman–Crippen MR) is 104 cm³/mol. The van der Waals surface area contributed by atoms with Gasteiger partial charge in [-0.05, 0) is 35.2 Å². The van der Waals surface area contributed by atoms with Crippen LogP contribution in [0.5, 0.6) is 5.75 Å². The van der Waals surface area contributed by atoms with Gasteiger partial charge in [-0.25, -0.2) is 9.18 Å². The highest BCUT2D eigenvalue weighted by Crippen LogP contribution is 2.24. The van der Waals surface area contributed by atoms with Crippen molar-refractivity contribution in [3.05, 3.63) is 87.9 Å². The zero-order valence-corrected chi connectivity index (χ0v) is 15.9. The van der Waals surface area contributed by atoms with Crippen LogP contribution in [0.4, 0.5) is 4.39 Å². The minimum Gasteiger partial charge on any atom is -0.497 e. The Morgan fingerprint density at radius 1 is 1.07 bits per heavy atom. The largest absolute Gasteiger partial charge is 0.497 e. The van der Waals surface area contributed by atoms with E-state index in [1.54, 1.807) is 55.0 Å². The number of rotatable bonds is 7. The van der Waals surface area contributed by atoms with Gasteiger partial charge in [-0.1, -0.05) is 36.4 Å². The molecule has 1 amide bonds. The van der Waals surface area contributed by atoms with Crippen molar-refractivity contribution in [1.82, 2.24) is 5.32 Å². The summed E-state index contributed by atoms with van der Waals surface area (Å²) in [5.74, 6) is -1.20. The monoisotopic (exact) mass is 399 g/mol. The molecule has 144 valence electrons.